The third-order valence-corrected chi connectivity index (χ3v) is 7.12. The average molecular weight is 453 g/mol. The second-order valence-electron chi connectivity index (χ2n) is 9.22. The lowest BCUT2D eigenvalue weighted by Gasteiger charge is -2.33. The quantitative estimate of drug-likeness (QED) is 0.284. The molecule has 0 radical (unpaired) electrons. The lowest BCUT2D eigenvalue weighted by Crippen LogP contribution is -2.57. The molecule has 2 aliphatic heterocycles. The Balaban J connectivity index is 1.46. The number of hydrogen-bond donors (Lipinski definition) is 0. The molecular weight excluding hydrogens is 427 g/mol. The molecule has 7 rings (SSSR count). The monoisotopic (exact) mass is 453 g/mol. The highest BCUT2D eigenvalue weighted by Gasteiger charge is 2.40. The summed E-state index contributed by atoms with van der Waals surface area (Å²) >= 11 is 0. The van der Waals surface area contributed by atoms with E-state index in [0.717, 1.165) is 33.2 Å². The highest BCUT2D eigenvalue weighted by Crippen LogP contribution is 2.37. The van der Waals surface area contributed by atoms with Gasteiger partial charge in [-0.25, -0.2) is 0 Å². The lowest BCUT2D eigenvalue weighted by atomic mass is 9.35. The molecule has 35 heavy (non-hydrogen) atoms. The Morgan fingerprint density at radius 2 is 1.09 bits per heavy atom. The van der Waals surface area contributed by atoms with Gasteiger partial charge in [0.15, 0.2) is 0 Å². The smallest absolute Gasteiger partial charge is 0.260 e. The van der Waals surface area contributed by atoms with Gasteiger partial charge >= 0.3 is 0 Å². The van der Waals surface area contributed by atoms with E-state index < -0.39 is 0 Å². The van der Waals surface area contributed by atoms with Crippen LogP contribution < -0.4 is 25.9 Å². The number of fused-ring (bicyclic) bond motifs is 4. The van der Waals surface area contributed by atoms with E-state index in [0.29, 0.717) is 28.5 Å². The van der Waals surface area contributed by atoms with Crippen molar-refractivity contribution in [3.63, 3.8) is 0 Å². The van der Waals surface area contributed by atoms with E-state index in [9.17, 15) is 0 Å². The van der Waals surface area contributed by atoms with E-state index in [1.165, 1.54) is 11.1 Å². The summed E-state index contributed by atoms with van der Waals surface area (Å²) in [5.41, 5.74) is 9.21. The zero-order valence-electron chi connectivity index (χ0n) is 22.5. The summed E-state index contributed by atoms with van der Waals surface area (Å²) in [6.07, 6.45) is 0. The topological polar surface area (TPSA) is 18.5 Å². The maximum Gasteiger partial charge on any atom is 0.260 e. The van der Waals surface area contributed by atoms with Crippen LogP contribution in [0.15, 0.2) is 103 Å². The van der Waals surface area contributed by atoms with Crippen LogP contribution in [0.3, 0.4) is 0 Å². The molecular formula is C32H23BO2. The standard InChI is InChI=1S/C32H23BO2/c1-20-8-3-5-10-24(20)22-14-16-26-30(18-22)34-28-12-7-13-29-32(28)33(26)27-17-15-23(19-31(27)35-29)25-11-6-4-9-21(25)2/h3-19H,1-2H3/i7D,12D,13D. The summed E-state index contributed by atoms with van der Waals surface area (Å²) in [7, 11) is 0. The zero-order valence-corrected chi connectivity index (χ0v) is 19.5. The molecule has 0 saturated heterocycles. The van der Waals surface area contributed by atoms with Gasteiger partial charge in [0.1, 0.15) is 23.0 Å². The molecule has 0 unspecified atom stereocenters. The van der Waals surface area contributed by atoms with Gasteiger partial charge in [0.2, 0.25) is 0 Å². The fraction of sp³-hybridized carbons (Fsp3) is 0.0625. The molecule has 0 amide bonds. The van der Waals surface area contributed by atoms with Gasteiger partial charge in [-0.05, 0) is 82.4 Å². The van der Waals surface area contributed by atoms with Crippen LogP contribution in [0.5, 0.6) is 23.0 Å². The van der Waals surface area contributed by atoms with Crippen LogP contribution in [0.25, 0.3) is 22.3 Å². The van der Waals surface area contributed by atoms with Gasteiger partial charge in [0, 0.05) is 5.46 Å². The van der Waals surface area contributed by atoms with E-state index >= 15 is 0 Å². The van der Waals surface area contributed by atoms with Crippen molar-refractivity contribution >= 4 is 23.1 Å². The van der Waals surface area contributed by atoms with Crippen LogP contribution >= 0.6 is 0 Å². The molecule has 0 bridgehead atoms. The molecule has 5 aromatic carbocycles. The van der Waals surface area contributed by atoms with E-state index in [4.69, 9.17) is 13.6 Å². The predicted octanol–water partition coefficient (Wildman–Crippen LogP) is 6.37. The molecule has 0 N–H and O–H groups in total. The molecule has 3 heteroatoms. The maximum atomic E-state index is 8.66. The van der Waals surface area contributed by atoms with Crippen molar-refractivity contribution < 1.29 is 13.6 Å². The van der Waals surface area contributed by atoms with Gasteiger partial charge in [0.25, 0.3) is 6.71 Å². The van der Waals surface area contributed by atoms with Crippen LogP contribution in [0, 0.1) is 13.8 Å². The van der Waals surface area contributed by atoms with E-state index in [1.807, 2.05) is 36.4 Å². The van der Waals surface area contributed by atoms with E-state index in [2.05, 4.69) is 62.4 Å². The molecule has 2 aliphatic rings. The largest absolute Gasteiger partial charge is 0.458 e. The summed E-state index contributed by atoms with van der Waals surface area (Å²) in [5, 5.41) is 0. The van der Waals surface area contributed by atoms with E-state index in [-0.39, 0.29) is 24.8 Å². The van der Waals surface area contributed by atoms with Gasteiger partial charge in [0.05, 0.1) is 4.11 Å². The number of ether oxygens (including phenoxy) is 2. The fourth-order valence-electron chi connectivity index (χ4n) is 5.36. The third kappa shape index (κ3) is 3.12. The molecule has 0 aliphatic carbocycles. The SMILES string of the molecule is [2H]c1c([2H])c2c3c(c1[2H])Oc1cc(-c4ccccc4C)ccc1B3c1ccc(-c3ccccc3C)cc1O2. The highest BCUT2D eigenvalue weighted by molar-refractivity contribution is 6.98. The van der Waals surface area contributed by atoms with Crippen molar-refractivity contribution in [1.29, 1.82) is 0 Å². The molecule has 0 saturated carbocycles. The Kier molecular flexibility index (Phi) is 3.76. The highest BCUT2D eigenvalue weighted by atomic mass is 16.5. The van der Waals surface area contributed by atoms with Crippen molar-refractivity contribution in [3.05, 3.63) is 114 Å². The molecule has 5 aromatic rings. The predicted molar refractivity (Wildman–Crippen MR) is 144 cm³/mol. The molecule has 2 nitrogen and oxygen atoms in total. The number of hydrogen-bond acceptors (Lipinski definition) is 2. The normalized spacial score (nSPS) is 13.9. The third-order valence-electron chi connectivity index (χ3n) is 7.12. The molecule has 2 heterocycles. The molecule has 0 aromatic heterocycles. The minimum atomic E-state index is -0.266. The van der Waals surface area contributed by atoms with Crippen LogP contribution in [0.1, 0.15) is 15.2 Å². The first-order valence-electron chi connectivity index (χ1n) is 13.3. The minimum absolute atomic E-state index is 0.0886. The first-order valence-corrected chi connectivity index (χ1v) is 11.8. The molecule has 0 atom stereocenters. The average Bonchev–Trinajstić information content (AvgIpc) is 2.94. The van der Waals surface area contributed by atoms with Crippen LogP contribution in [0.4, 0.5) is 0 Å². The van der Waals surface area contributed by atoms with E-state index in [1.54, 1.807) is 0 Å². The minimum Gasteiger partial charge on any atom is -0.458 e. The Morgan fingerprint density at radius 3 is 1.57 bits per heavy atom. The van der Waals surface area contributed by atoms with Crippen molar-refractivity contribution in [3.8, 4) is 45.3 Å². The second-order valence-corrected chi connectivity index (χ2v) is 9.22. The number of aryl methyl sites for hydroxylation is 2. The second kappa shape index (κ2) is 7.64. The zero-order chi connectivity index (χ0) is 26.1. The van der Waals surface area contributed by atoms with Crippen LogP contribution in [0.2, 0.25) is 0 Å². The molecule has 0 fully saturated rings. The van der Waals surface area contributed by atoms with Gasteiger partial charge in [-0.2, -0.15) is 0 Å². The summed E-state index contributed by atoms with van der Waals surface area (Å²) in [4.78, 5) is 0. The molecule has 0 spiro atoms. The van der Waals surface area contributed by atoms with Crippen molar-refractivity contribution in [2.75, 3.05) is 0 Å². The maximum absolute atomic E-state index is 8.66. The summed E-state index contributed by atoms with van der Waals surface area (Å²) in [6, 6.07) is 28.5. The Morgan fingerprint density at radius 1 is 0.600 bits per heavy atom. The van der Waals surface area contributed by atoms with Gasteiger partial charge in [-0.1, -0.05) is 78.8 Å². The van der Waals surface area contributed by atoms with Gasteiger partial charge < -0.3 is 9.47 Å². The summed E-state index contributed by atoms with van der Waals surface area (Å²) in [6.45, 7) is 3.91. The fourth-order valence-corrected chi connectivity index (χ4v) is 5.36. The van der Waals surface area contributed by atoms with Crippen molar-refractivity contribution in [2.24, 2.45) is 0 Å². The number of benzene rings is 5. The Labute approximate surface area is 210 Å². The van der Waals surface area contributed by atoms with Gasteiger partial charge in [-0.3, -0.25) is 0 Å². The lowest BCUT2D eigenvalue weighted by molar-refractivity contribution is 0.464. The van der Waals surface area contributed by atoms with Crippen LogP contribution in [-0.4, -0.2) is 6.71 Å². The van der Waals surface area contributed by atoms with Crippen molar-refractivity contribution in [2.45, 2.75) is 13.8 Å². The number of rotatable bonds is 2. The van der Waals surface area contributed by atoms with Crippen molar-refractivity contribution in [1.82, 2.24) is 0 Å². The summed E-state index contributed by atoms with van der Waals surface area (Å²) in [5.74, 6) is 1.93. The van der Waals surface area contributed by atoms with Crippen LogP contribution in [-0.2, 0) is 0 Å². The Bertz CT molecular complexity index is 1670. The molecule has 166 valence electrons. The van der Waals surface area contributed by atoms with Gasteiger partial charge in [-0.15, -0.1) is 0 Å². The first-order chi connectivity index (χ1) is 18.4. The summed E-state index contributed by atoms with van der Waals surface area (Å²) < 4.78 is 38.5. The Hall–Kier alpha value is -4.24. The first kappa shape index (κ1) is 17.2.